The molecule has 0 aliphatic rings. The summed E-state index contributed by atoms with van der Waals surface area (Å²) in [7, 11) is 0.158. The molecule has 9 heteroatoms. The van der Waals surface area contributed by atoms with E-state index in [4.69, 9.17) is 0 Å². The molecular weight excluding hydrogens is 456 g/mol. The summed E-state index contributed by atoms with van der Waals surface area (Å²) in [5.74, 6) is 0.800. The molecule has 0 N–H and O–H groups in total. The summed E-state index contributed by atoms with van der Waals surface area (Å²) in [6, 6.07) is 13.3. The molecule has 1 heterocycles. The van der Waals surface area contributed by atoms with Crippen LogP contribution in [0.15, 0.2) is 52.3 Å². The van der Waals surface area contributed by atoms with Crippen LogP contribution < -0.4 is 0 Å². The molecule has 3 rings (SSSR count). The zero-order valence-electron chi connectivity index (χ0n) is 19.9. The first-order valence-corrected chi connectivity index (χ1v) is 13.7. The average molecular weight is 489 g/mol. The molecule has 0 radical (unpaired) electrons. The summed E-state index contributed by atoms with van der Waals surface area (Å²) >= 11 is 1.69. The highest BCUT2D eigenvalue weighted by Crippen LogP contribution is 2.23. The molecule has 3 aromatic rings. The van der Waals surface area contributed by atoms with Gasteiger partial charge < -0.3 is 9.47 Å². The third kappa shape index (κ3) is 5.59. The van der Waals surface area contributed by atoms with Gasteiger partial charge in [0.15, 0.2) is 0 Å². The molecule has 0 saturated heterocycles. The van der Waals surface area contributed by atoms with Gasteiger partial charge in [-0.3, -0.25) is 4.79 Å². The number of amides is 1. The van der Waals surface area contributed by atoms with E-state index in [-0.39, 0.29) is 10.8 Å². The molecule has 0 saturated carbocycles. The van der Waals surface area contributed by atoms with Crippen LogP contribution in [0, 0.1) is 0 Å². The van der Waals surface area contributed by atoms with Crippen LogP contribution in [-0.2, 0) is 34.8 Å². The Bertz CT molecular complexity index is 1220. The number of fused-ring (bicyclic) bond motifs is 1. The second-order valence-corrected chi connectivity index (χ2v) is 10.7. The van der Waals surface area contributed by atoms with E-state index >= 15 is 0 Å². The smallest absolute Gasteiger partial charge is 0.243 e. The number of hydrogen-bond acceptors (Lipinski definition) is 5. The molecular formula is C24H32N4O3S2. The minimum absolute atomic E-state index is 0.0424. The second-order valence-electron chi connectivity index (χ2n) is 7.92. The van der Waals surface area contributed by atoms with E-state index < -0.39 is 10.0 Å². The third-order valence-corrected chi connectivity index (χ3v) is 8.64. The molecule has 1 amide bonds. The predicted octanol–water partition coefficient (Wildman–Crippen LogP) is 3.92. The molecule has 1 aromatic heterocycles. The first-order valence-electron chi connectivity index (χ1n) is 11.0. The van der Waals surface area contributed by atoms with Crippen LogP contribution in [0.25, 0.3) is 11.0 Å². The maximum Gasteiger partial charge on any atom is 0.243 e. The first kappa shape index (κ1) is 25.3. The lowest BCUT2D eigenvalue weighted by atomic mass is 10.2. The fourth-order valence-electron chi connectivity index (χ4n) is 3.83. The lowest BCUT2D eigenvalue weighted by molar-refractivity contribution is -0.130. The Morgan fingerprint density at radius 1 is 1.09 bits per heavy atom. The number of sulfonamides is 1. The fourth-order valence-corrected chi connectivity index (χ4v) is 5.72. The molecule has 0 bridgehead atoms. The summed E-state index contributed by atoms with van der Waals surface area (Å²) in [6.07, 6.45) is 2.86. The van der Waals surface area contributed by atoms with Gasteiger partial charge in [0.05, 0.1) is 15.9 Å². The van der Waals surface area contributed by atoms with E-state index in [2.05, 4.69) is 17.1 Å². The van der Waals surface area contributed by atoms with Crippen LogP contribution in [0.4, 0.5) is 0 Å². The SMILES string of the molecule is CCN(CC)S(=O)(=O)c1ccc2c(c1)nc(CCC(=O)N(C)Cc1ccc(SC)cc1)n2C. The van der Waals surface area contributed by atoms with Crippen molar-refractivity contribution in [2.45, 2.75) is 43.0 Å². The van der Waals surface area contributed by atoms with Gasteiger partial charge in [0.2, 0.25) is 15.9 Å². The van der Waals surface area contributed by atoms with Crippen molar-refractivity contribution < 1.29 is 13.2 Å². The van der Waals surface area contributed by atoms with Crippen molar-refractivity contribution in [3.8, 4) is 0 Å². The Morgan fingerprint density at radius 2 is 1.76 bits per heavy atom. The van der Waals surface area contributed by atoms with Crippen molar-refractivity contribution in [1.29, 1.82) is 0 Å². The lowest BCUT2D eigenvalue weighted by Gasteiger charge is -2.18. The Balaban J connectivity index is 1.71. The minimum atomic E-state index is -3.55. The summed E-state index contributed by atoms with van der Waals surface area (Å²) in [4.78, 5) is 20.5. The molecule has 0 fully saturated rings. The molecule has 0 aliphatic heterocycles. The van der Waals surface area contributed by atoms with Crippen LogP contribution in [0.1, 0.15) is 31.7 Å². The van der Waals surface area contributed by atoms with Gasteiger partial charge in [-0.15, -0.1) is 11.8 Å². The van der Waals surface area contributed by atoms with Crippen molar-refractivity contribution in [3.63, 3.8) is 0 Å². The van der Waals surface area contributed by atoms with Gasteiger partial charge in [-0.25, -0.2) is 13.4 Å². The van der Waals surface area contributed by atoms with Crippen molar-refractivity contribution in [2.75, 3.05) is 26.4 Å². The Hall–Kier alpha value is -2.36. The molecule has 0 spiro atoms. The first-order chi connectivity index (χ1) is 15.7. The van der Waals surface area contributed by atoms with Crippen molar-refractivity contribution >= 4 is 38.7 Å². The average Bonchev–Trinajstić information content (AvgIpc) is 3.13. The standard InChI is InChI=1S/C24H32N4O3S2/c1-6-28(7-2)33(30,31)20-12-13-22-21(16-20)25-23(27(22)4)14-15-24(29)26(3)17-18-8-10-19(32-5)11-9-18/h8-13,16H,6-7,14-15,17H2,1-5H3. The number of aromatic nitrogens is 2. The van der Waals surface area contributed by atoms with Crippen LogP contribution in [-0.4, -0.2) is 59.5 Å². The molecule has 33 heavy (non-hydrogen) atoms. The summed E-state index contributed by atoms with van der Waals surface area (Å²) < 4.78 is 29.1. The fraction of sp³-hybridized carbons (Fsp3) is 0.417. The van der Waals surface area contributed by atoms with E-state index in [0.717, 1.165) is 16.9 Å². The van der Waals surface area contributed by atoms with Crippen molar-refractivity contribution in [2.24, 2.45) is 7.05 Å². The molecule has 0 aliphatic carbocycles. The largest absolute Gasteiger partial charge is 0.341 e. The highest BCUT2D eigenvalue weighted by molar-refractivity contribution is 7.98. The van der Waals surface area contributed by atoms with Gasteiger partial charge in [-0.1, -0.05) is 26.0 Å². The van der Waals surface area contributed by atoms with Crippen LogP contribution >= 0.6 is 11.8 Å². The number of nitrogens with zero attached hydrogens (tertiary/aromatic N) is 4. The van der Waals surface area contributed by atoms with Crippen molar-refractivity contribution in [1.82, 2.24) is 18.8 Å². The van der Waals surface area contributed by atoms with Crippen molar-refractivity contribution in [3.05, 3.63) is 53.9 Å². The van der Waals surface area contributed by atoms with Crippen LogP contribution in [0.5, 0.6) is 0 Å². The number of carbonyl (C=O) groups excluding carboxylic acids is 1. The normalized spacial score (nSPS) is 11.9. The summed E-state index contributed by atoms with van der Waals surface area (Å²) in [6.45, 7) is 5.05. The van der Waals surface area contributed by atoms with E-state index in [1.54, 1.807) is 34.9 Å². The molecule has 7 nitrogen and oxygen atoms in total. The van der Waals surface area contributed by atoms with Gasteiger partial charge in [0.25, 0.3) is 0 Å². The topological polar surface area (TPSA) is 75.5 Å². The van der Waals surface area contributed by atoms with Gasteiger partial charge >= 0.3 is 0 Å². The number of imidazole rings is 1. The monoisotopic (exact) mass is 488 g/mol. The maximum absolute atomic E-state index is 12.8. The highest BCUT2D eigenvalue weighted by atomic mass is 32.2. The van der Waals surface area contributed by atoms with E-state index in [0.29, 0.717) is 38.0 Å². The van der Waals surface area contributed by atoms with E-state index in [1.807, 2.05) is 50.9 Å². The number of hydrogen-bond donors (Lipinski definition) is 0. The van der Waals surface area contributed by atoms with Crippen LogP contribution in [0.3, 0.4) is 0 Å². The molecule has 178 valence electrons. The Labute approximate surface area is 200 Å². The van der Waals surface area contributed by atoms with Gasteiger partial charge in [0.1, 0.15) is 5.82 Å². The van der Waals surface area contributed by atoms with E-state index in [1.165, 1.54) is 9.20 Å². The summed E-state index contributed by atoms with van der Waals surface area (Å²) in [5, 5.41) is 0. The zero-order valence-corrected chi connectivity index (χ0v) is 21.5. The zero-order chi connectivity index (χ0) is 24.2. The summed E-state index contributed by atoms with van der Waals surface area (Å²) in [5.41, 5.74) is 2.56. The highest BCUT2D eigenvalue weighted by Gasteiger charge is 2.23. The molecule has 2 aromatic carbocycles. The predicted molar refractivity (Wildman–Crippen MR) is 134 cm³/mol. The lowest BCUT2D eigenvalue weighted by Crippen LogP contribution is -2.30. The number of aryl methyl sites for hydroxylation is 2. The minimum Gasteiger partial charge on any atom is -0.341 e. The van der Waals surface area contributed by atoms with Crippen LogP contribution in [0.2, 0.25) is 0 Å². The third-order valence-electron chi connectivity index (χ3n) is 5.86. The van der Waals surface area contributed by atoms with Gasteiger partial charge in [-0.05, 0) is 42.2 Å². The quantitative estimate of drug-likeness (QED) is 0.405. The number of benzene rings is 2. The maximum atomic E-state index is 12.8. The second kappa shape index (κ2) is 10.7. The number of carbonyl (C=O) groups is 1. The number of rotatable bonds is 10. The molecule has 0 unspecified atom stereocenters. The number of thioether (sulfide) groups is 1. The van der Waals surface area contributed by atoms with Gasteiger partial charge in [0, 0.05) is 51.5 Å². The Morgan fingerprint density at radius 3 is 2.36 bits per heavy atom. The van der Waals surface area contributed by atoms with Gasteiger partial charge in [-0.2, -0.15) is 4.31 Å². The Kier molecular flexibility index (Phi) is 8.20. The van der Waals surface area contributed by atoms with E-state index in [9.17, 15) is 13.2 Å². The molecule has 0 atom stereocenters.